The molecular weight excluding hydrogens is 232 g/mol. The molecule has 0 unspecified atom stereocenters. The largest absolute Gasteiger partial charge is 0.481 e. The Morgan fingerprint density at radius 3 is 2.47 bits per heavy atom. The molecule has 3 N–H and O–H groups in total. The number of carboxylic acids is 1. The van der Waals surface area contributed by atoms with Gasteiger partial charge in [-0.2, -0.15) is 0 Å². The zero-order valence-electron chi connectivity index (χ0n) is 9.25. The zero-order valence-corrected chi connectivity index (χ0v) is 9.25. The molecule has 1 saturated heterocycles. The first-order valence-corrected chi connectivity index (χ1v) is 5.01. The van der Waals surface area contributed by atoms with Crippen molar-refractivity contribution in [3.63, 3.8) is 0 Å². The number of hydrogen-bond donors (Lipinski definition) is 3. The number of carboxylic acid groups (broad SMARTS) is 2. The molecule has 0 spiro atoms. The summed E-state index contributed by atoms with van der Waals surface area (Å²) in [5.74, 6) is -2.10. The number of ether oxygens (including phenoxy) is 1. The van der Waals surface area contributed by atoms with Crippen LogP contribution in [0, 0.1) is 5.92 Å². The summed E-state index contributed by atoms with van der Waals surface area (Å²) in [6.45, 7) is 0.0487. The number of piperidine rings is 1. The maximum absolute atomic E-state index is 11.0. The van der Waals surface area contributed by atoms with E-state index in [0.29, 0.717) is 0 Å². The van der Waals surface area contributed by atoms with Gasteiger partial charge in [-0.15, -0.1) is 0 Å². The second-order valence-electron chi connectivity index (χ2n) is 3.70. The summed E-state index contributed by atoms with van der Waals surface area (Å²) in [5, 5.41) is 20.2. The molecule has 0 radical (unpaired) electrons. The number of nitrogens with zero attached hydrogens (tertiary/aromatic N) is 1. The molecule has 0 aromatic heterocycles. The van der Waals surface area contributed by atoms with Gasteiger partial charge in [0.05, 0.1) is 13.0 Å². The van der Waals surface area contributed by atoms with Crippen LogP contribution in [0.2, 0.25) is 0 Å². The molecule has 2 amide bonds. The van der Waals surface area contributed by atoms with Crippen molar-refractivity contribution in [1.29, 1.82) is 0 Å². The van der Waals surface area contributed by atoms with Gasteiger partial charge in [-0.1, -0.05) is 0 Å². The average Bonchev–Trinajstić information content (AvgIpc) is 2.28. The number of hydrogen-bond acceptors (Lipinski definition) is 4. The molecule has 1 rings (SSSR count). The Kier molecular flexibility index (Phi) is 4.13. The minimum atomic E-state index is -1.16. The van der Waals surface area contributed by atoms with Crippen LogP contribution in [0.5, 0.6) is 0 Å². The summed E-state index contributed by atoms with van der Waals surface area (Å²) in [6, 6.07) is -0.615. The van der Waals surface area contributed by atoms with Crippen molar-refractivity contribution in [1.82, 2.24) is 10.2 Å². The standard InChI is InChI=1S/C9H14N2O6/c1-17-8(14)10-6-2-3-11(9(15)16)4-5(6)7(12)13/h5-6H,2-4H2,1H3,(H,10,14)(H,12,13)(H,15,16)/t5-,6+/m1/s1. The van der Waals surface area contributed by atoms with E-state index in [1.807, 2.05) is 0 Å². The lowest BCUT2D eigenvalue weighted by Crippen LogP contribution is -2.54. The summed E-state index contributed by atoms with van der Waals surface area (Å²) < 4.78 is 4.38. The lowest BCUT2D eigenvalue weighted by atomic mass is 9.92. The van der Waals surface area contributed by atoms with Crippen LogP contribution in [0.3, 0.4) is 0 Å². The molecular formula is C9H14N2O6. The number of carbonyl (C=O) groups is 3. The van der Waals surface area contributed by atoms with Crippen LogP contribution in [0.1, 0.15) is 6.42 Å². The van der Waals surface area contributed by atoms with Gasteiger partial charge in [-0.25, -0.2) is 9.59 Å². The van der Waals surface area contributed by atoms with Crippen molar-refractivity contribution in [3.05, 3.63) is 0 Å². The Morgan fingerprint density at radius 2 is 2.00 bits per heavy atom. The predicted molar refractivity (Wildman–Crippen MR) is 54.7 cm³/mol. The van der Waals surface area contributed by atoms with Gasteiger partial charge < -0.3 is 25.2 Å². The first-order chi connectivity index (χ1) is 7.95. The number of aliphatic carboxylic acids is 1. The van der Waals surface area contributed by atoms with Crippen LogP contribution in [0.4, 0.5) is 9.59 Å². The van der Waals surface area contributed by atoms with Gasteiger partial charge in [0.1, 0.15) is 0 Å². The van der Waals surface area contributed by atoms with E-state index in [2.05, 4.69) is 10.1 Å². The molecule has 0 aliphatic carbocycles. The van der Waals surface area contributed by atoms with Crippen LogP contribution < -0.4 is 5.32 Å². The molecule has 0 aromatic carbocycles. The molecule has 17 heavy (non-hydrogen) atoms. The van der Waals surface area contributed by atoms with E-state index in [-0.39, 0.29) is 19.5 Å². The zero-order chi connectivity index (χ0) is 13.0. The lowest BCUT2D eigenvalue weighted by molar-refractivity contribution is -0.144. The summed E-state index contributed by atoms with van der Waals surface area (Å²) in [5.41, 5.74) is 0. The van der Waals surface area contributed by atoms with Gasteiger partial charge in [0, 0.05) is 19.1 Å². The molecule has 8 nitrogen and oxygen atoms in total. The Morgan fingerprint density at radius 1 is 1.35 bits per heavy atom. The molecule has 0 saturated carbocycles. The van der Waals surface area contributed by atoms with Gasteiger partial charge in [0.15, 0.2) is 0 Å². The minimum absolute atomic E-state index is 0.140. The van der Waals surface area contributed by atoms with Crippen molar-refractivity contribution < 1.29 is 29.3 Å². The van der Waals surface area contributed by atoms with Gasteiger partial charge in [-0.3, -0.25) is 4.79 Å². The second kappa shape index (κ2) is 5.37. The number of methoxy groups -OCH3 is 1. The van der Waals surface area contributed by atoms with Crippen molar-refractivity contribution in [2.24, 2.45) is 5.92 Å². The molecule has 96 valence electrons. The van der Waals surface area contributed by atoms with E-state index in [1.165, 1.54) is 7.11 Å². The third kappa shape index (κ3) is 3.23. The first-order valence-electron chi connectivity index (χ1n) is 5.01. The number of nitrogens with one attached hydrogen (secondary N) is 1. The smallest absolute Gasteiger partial charge is 0.407 e. The quantitative estimate of drug-likeness (QED) is 0.621. The van der Waals surface area contributed by atoms with Crippen molar-refractivity contribution in [2.75, 3.05) is 20.2 Å². The van der Waals surface area contributed by atoms with Crippen LogP contribution in [0.15, 0.2) is 0 Å². The monoisotopic (exact) mass is 246 g/mol. The van der Waals surface area contributed by atoms with E-state index >= 15 is 0 Å². The Balaban J connectivity index is 2.69. The highest BCUT2D eigenvalue weighted by atomic mass is 16.5. The molecule has 8 heteroatoms. The molecule has 1 aliphatic heterocycles. The van der Waals surface area contributed by atoms with Crippen LogP contribution in [-0.2, 0) is 9.53 Å². The SMILES string of the molecule is COC(=O)N[C@H]1CCN(C(=O)O)C[C@H]1C(=O)O. The highest BCUT2D eigenvalue weighted by Gasteiger charge is 2.37. The fourth-order valence-electron chi connectivity index (χ4n) is 1.76. The summed E-state index contributed by atoms with van der Waals surface area (Å²) >= 11 is 0. The van der Waals surface area contributed by atoms with Crippen LogP contribution >= 0.6 is 0 Å². The van der Waals surface area contributed by atoms with E-state index in [1.54, 1.807) is 0 Å². The van der Waals surface area contributed by atoms with Gasteiger partial charge in [-0.05, 0) is 6.42 Å². The normalized spacial score (nSPS) is 23.9. The topological polar surface area (TPSA) is 116 Å². The van der Waals surface area contributed by atoms with E-state index < -0.39 is 30.1 Å². The number of likely N-dealkylation sites (tertiary alicyclic amines) is 1. The van der Waals surface area contributed by atoms with Crippen molar-refractivity contribution in [3.8, 4) is 0 Å². The molecule has 2 atom stereocenters. The second-order valence-corrected chi connectivity index (χ2v) is 3.70. The number of amides is 2. The maximum Gasteiger partial charge on any atom is 0.407 e. The Hall–Kier alpha value is -1.99. The highest BCUT2D eigenvalue weighted by molar-refractivity contribution is 5.75. The maximum atomic E-state index is 11.0. The minimum Gasteiger partial charge on any atom is -0.481 e. The predicted octanol–water partition coefficient (Wildman–Crippen LogP) is -0.204. The van der Waals surface area contributed by atoms with Gasteiger partial charge >= 0.3 is 18.2 Å². The summed E-state index contributed by atoms with van der Waals surface area (Å²) in [7, 11) is 1.18. The highest BCUT2D eigenvalue weighted by Crippen LogP contribution is 2.18. The lowest BCUT2D eigenvalue weighted by Gasteiger charge is -2.34. The average molecular weight is 246 g/mol. The third-order valence-electron chi connectivity index (χ3n) is 2.69. The molecule has 0 aromatic rings. The Labute approximate surface area is 97.1 Å². The summed E-state index contributed by atoms with van der Waals surface area (Å²) in [4.78, 5) is 33.7. The van der Waals surface area contributed by atoms with Gasteiger partial charge in [0.25, 0.3) is 0 Å². The molecule has 1 aliphatic rings. The van der Waals surface area contributed by atoms with E-state index in [4.69, 9.17) is 10.2 Å². The Bertz CT molecular complexity index is 331. The van der Waals surface area contributed by atoms with Crippen LogP contribution in [-0.4, -0.2) is 59.5 Å². The van der Waals surface area contributed by atoms with E-state index in [9.17, 15) is 14.4 Å². The number of alkyl carbamates (subject to hydrolysis) is 1. The first kappa shape index (κ1) is 13.1. The van der Waals surface area contributed by atoms with Crippen molar-refractivity contribution >= 4 is 18.2 Å². The number of carbonyl (C=O) groups excluding carboxylic acids is 1. The molecule has 1 fully saturated rings. The van der Waals surface area contributed by atoms with Crippen LogP contribution in [0.25, 0.3) is 0 Å². The fraction of sp³-hybridized carbons (Fsp3) is 0.667. The van der Waals surface area contributed by atoms with Crippen molar-refractivity contribution in [2.45, 2.75) is 12.5 Å². The van der Waals surface area contributed by atoms with E-state index in [0.717, 1.165) is 4.90 Å². The molecule has 0 bridgehead atoms. The summed E-state index contributed by atoms with van der Waals surface area (Å²) in [6.07, 6.45) is -1.63. The molecule has 1 heterocycles. The van der Waals surface area contributed by atoms with Gasteiger partial charge in [0.2, 0.25) is 0 Å². The fourth-order valence-corrected chi connectivity index (χ4v) is 1.76. The number of rotatable bonds is 2. The third-order valence-corrected chi connectivity index (χ3v) is 2.69.